The third-order valence-electron chi connectivity index (χ3n) is 2.41. The van der Waals surface area contributed by atoms with Crippen LogP contribution in [-0.4, -0.2) is 27.9 Å². The zero-order chi connectivity index (χ0) is 12.4. The SMILES string of the molecule is CCCCCCNC(C)O[Si](C)(C)OCC. The van der Waals surface area contributed by atoms with Gasteiger partial charge in [0, 0.05) is 6.61 Å². The molecule has 1 atom stereocenters. The molecule has 0 aromatic carbocycles. The molecule has 0 radical (unpaired) electrons. The van der Waals surface area contributed by atoms with Gasteiger partial charge in [0.05, 0.1) is 6.23 Å². The van der Waals surface area contributed by atoms with Crippen LogP contribution >= 0.6 is 0 Å². The Morgan fingerprint density at radius 3 is 2.38 bits per heavy atom. The molecular formula is C12H29NO2Si. The lowest BCUT2D eigenvalue weighted by Gasteiger charge is -2.27. The molecule has 3 nitrogen and oxygen atoms in total. The molecular weight excluding hydrogens is 218 g/mol. The fourth-order valence-corrected chi connectivity index (χ4v) is 3.40. The van der Waals surface area contributed by atoms with Crippen LogP contribution < -0.4 is 5.32 Å². The summed E-state index contributed by atoms with van der Waals surface area (Å²) in [6.45, 7) is 12.3. The van der Waals surface area contributed by atoms with Crippen LogP contribution in [0.3, 0.4) is 0 Å². The summed E-state index contributed by atoms with van der Waals surface area (Å²) in [6.07, 6.45) is 5.27. The second-order valence-electron chi connectivity index (χ2n) is 4.61. The average molecular weight is 247 g/mol. The van der Waals surface area contributed by atoms with E-state index < -0.39 is 8.56 Å². The first-order valence-corrected chi connectivity index (χ1v) is 9.38. The van der Waals surface area contributed by atoms with Gasteiger partial charge in [-0.25, -0.2) is 0 Å². The van der Waals surface area contributed by atoms with E-state index in [1.807, 2.05) is 6.92 Å². The molecule has 0 aromatic heterocycles. The first kappa shape index (κ1) is 16.1. The number of unbranched alkanes of at least 4 members (excludes halogenated alkanes) is 3. The van der Waals surface area contributed by atoms with Gasteiger partial charge in [0.1, 0.15) is 0 Å². The van der Waals surface area contributed by atoms with Crippen molar-refractivity contribution in [2.24, 2.45) is 0 Å². The van der Waals surface area contributed by atoms with Crippen LogP contribution in [0.1, 0.15) is 46.5 Å². The van der Waals surface area contributed by atoms with Crippen molar-refractivity contribution in [3.63, 3.8) is 0 Å². The second-order valence-corrected chi connectivity index (χ2v) is 7.93. The largest absolute Gasteiger partial charge is 0.395 e. The molecule has 0 saturated heterocycles. The molecule has 0 amide bonds. The van der Waals surface area contributed by atoms with E-state index >= 15 is 0 Å². The van der Waals surface area contributed by atoms with Crippen LogP contribution in [0.4, 0.5) is 0 Å². The van der Waals surface area contributed by atoms with E-state index in [1.54, 1.807) is 0 Å². The van der Waals surface area contributed by atoms with Gasteiger partial charge in [0.25, 0.3) is 0 Å². The van der Waals surface area contributed by atoms with Crippen LogP contribution in [0, 0.1) is 0 Å². The highest BCUT2D eigenvalue weighted by molar-refractivity contribution is 6.64. The van der Waals surface area contributed by atoms with Crippen LogP contribution in [0.2, 0.25) is 13.1 Å². The molecule has 0 aliphatic heterocycles. The Morgan fingerprint density at radius 2 is 1.81 bits per heavy atom. The van der Waals surface area contributed by atoms with Crippen molar-refractivity contribution in [3.8, 4) is 0 Å². The number of nitrogens with one attached hydrogen (secondary N) is 1. The molecule has 0 fully saturated rings. The maximum absolute atomic E-state index is 5.89. The summed E-state index contributed by atoms with van der Waals surface area (Å²) in [6, 6.07) is 0. The van der Waals surface area contributed by atoms with Crippen LogP contribution in [0.15, 0.2) is 0 Å². The van der Waals surface area contributed by atoms with Crippen molar-refractivity contribution in [3.05, 3.63) is 0 Å². The molecule has 0 aromatic rings. The summed E-state index contributed by atoms with van der Waals surface area (Å²) in [5, 5.41) is 3.39. The van der Waals surface area contributed by atoms with Gasteiger partial charge in [-0.1, -0.05) is 26.2 Å². The minimum Gasteiger partial charge on any atom is -0.395 e. The molecule has 0 aliphatic carbocycles. The van der Waals surface area contributed by atoms with E-state index in [-0.39, 0.29) is 6.23 Å². The van der Waals surface area contributed by atoms with Crippen molar-refractivity contribution >= 4 is 8.56 Å². The zero-order valence-corrected chi connectivity index (χ0v) is 12.6. The van der Waals surface area contributed by atoms with Gasteiger partial charge < -0.3 is 8.85 Å². The monoisotopic (exact) mass is 247 g/mol. The molecule has 0 rings (SSSR count). The minimum atomic E-state index is -1.90. The van der Waals surface area contributed by atoms with Gasteiger partial charge in [-0.05, 0) is 39.9 Å². The highest BCUT2D eigenvalue weighted by Crippen LogP contribution is 2.08. The van der Waals surface area contributed by atoms with E-state index in [0.717, 1.165) is 13.2 Å². The summed E-state index contributed by atoms with van der Waals surface area (Å²) in [5.41, 5.74) is 0. The Bertz CT molecular complexity index is 165. The topological polar surface area (TPSA) is 30.5 Å². The Morgan fingerprint density at radius 1 is 1.12 bits per heavy atom. The molecule has 1 unspecified atom stereocenters. The van der Waals surface area contributed by atoms with Gasteiger partial charge in [-0.3, -0.25) is 5.32 Å². The molecule has 16 heavy (non-hydrogen) atoms. The second kappa shape index (κ2) is 9.16. The van der Waals surface area contributed by atoms with Crippen LogP contribution in [0.25, 0.3) is 0 Å². The quantitative estimate of drug-likeness (QED) is 0.365. The summed E-state index contributed by atoms with van der Waals surface area (Å²) in [4.78, 5) is 0. The molecule has 0 bridgehead atoms. The predicted molar refractivity (Wildman–Crippen MR) is 71.8 cm³/mol. The van der Waals surface area contributed by atoms with Crippen molar-refractivity contribution in [2.75, 3.05) is 13.2 Å². The fourth-order valence-electron chi connectivity index (χ4n) is 1.71. The Balaban J connectivity index is 3.53. The van der Waals surface area contributed by atoms with Gasteiger partial charge in [0.15, 0.2) is 0 Å². The normalized spacial score (nSPS) is 14.1. The third kappa shape index (κ3) is 9.33. The lowest BCUT2D eigenvalue weighted by Crippen LogP contribution is -2.43. The fraction of sp³-hybridized carbons (Fsp3) is 1.00. The van der Waals surface area contributed by atoms with Crippen molar-refractivity contribution < 1.29 is 8.85 Å². The lowest BCUT2D eigenvalue weighted by atomic mass is 10.2. The highest BCUT2D eigenvalue weighted by Gasteiger charge is 2.26. The van der Waals surface area contributed by atoms with Gasteiger partial charge >= 0.3 is 8.56 Å². The first-order chi connectivity index (χ1) is 7.52. The standard InChI is InChI=1S/C12H29NO2Si/c1-6-8-9-10-11-13-12(3)15-16(4,5)14-7-2/h12-13H,6-11H2,1-5H3. The van der Waals surface area contributed by atoms with E-state index in [4.69, 9.17) is 8.85 Å². The average Bonchev–Trinajstić information content (AvgIpc) is 2.16. The smallest absolute Gasteiger partial charge is 0.332 e. The van der Waals surface area contributed by atoms with E-state index in [9.17, 15) is 0 Å². The third-order valence-corrected chi connectivity index (χ3v) is 4.32. The number of hydrogen-bond acceptors (Lipinski definition) is 3. The lowest BCUT2D eigenvalue weighted by molar-refractivity contribution is 0.112. The Labute approximate surface area is 102 Å². The maximum atomic E-state index is 5.89. The first-order valence-electron chi connectivity index (χ1n) is 6.57. The molecule has 4 heteroatoms. The molecule has 0 spiro atoms. The maximum Gasteiger partial charge on any atom is 0.332 e. The van der Waals surface area contributed by atoms with Crippen LogP contribution in [0.5, 0.6) is 0 Å². The zero-order valence-electron chi connectivity index (χ0n) is 11.6. The van der Waals surface area contributed by atoms with Crippen molar-refractivity contribution in [2.45, 2.75) is 65.8 Å². The summed E-state index contributed by atoms with van der Waals surface area (Å²) < 4.78 is 11.5. The molecule has 98 valence electrons. The number of hydrogen-bond donors (Lipinski definition) is 1. The molecule has 1 N–H and O–H groups in total. The summed E-state index contributed by atoms with van der Waals surface area (Å²) in [5.74, 6) is 0. The predicted octanol–water partition coefficient (Wildman–Crippen LogP) is 3.26. The number of rotatable bonds is 10. The summed E-state index contributed by atoms with van der Waals surface area (Å²) >= 11 is 0. The Hall–Kier alpha value is 0.0969. The summed E-state index contributed by atoms with van der Waals surface area (Å²) in [7, 11) is -1.90. The van der Waals surface area contributed by atoms with E-state index in [0.29, 0.717) is 0 Å². The Kier molecular flexibility index (Phi) is 9.22. The highest BCUT2D eigenvalue weighted by atomic mass is 28.4. The van der Waals surface area contributed by atoms with Crippen LogP contribution in [-0.2, 0) is 8.85 Å². The molecule has 0 saturated carbocycles. The van der Waals surface area contributed by atoms with E-state index in [1.165, 1.54) is 25.7 Å². The van der Waals surface area contributed by atoms with E-state index in [2.05, 4.69) is 32.3 Å². The van der Waals surface area contributed by atoms with Crippen molar-refractivity contribution in [1.29, 1.82) is 0 Å². The van der Waals surface area contributed by atoms with Gasteiger partial charge in [-0.2, -0.15) is 0 Å². The minimum absolute atomic E-state index is 0.106. The van der Waals surface area contributed by atoms with Crippen molar-refractivity contribution in [1.82, 2.24) is 5.32 Å². The molecule has 0 aliphatic rings. The van der Waals surface area contributed by atoms with Gasteiger partial charge in [-0.15, -0.1) is 0 Å². The molecule has 0 heterocycles. The van der Waals surface area contributed by atoms with Gasteiger partial charge in [0.2, 0.25) is 0 Å².